The molecular formula is C16H22N2O2. The number of nitrogens with zero attached hydrogens (tertiary/aromatic N) is 2. The molecule has 0 aliphatic carbocycles. The molecule has 0 unspecified atom stereocenters. The molecule has 1 aromatic heterocycles. The number of rotatable bonds is 4. The average Bonchev–Trinajstić information content (AvgIpc) is 2.90. The molecule has 1 aliphatic rings. The van der Waals surface area contributed by atoms with Gasteiger partial charge in [-0.2, -0.15) is 0 Å². The zero-order valence-electron chi connectivity index (χ0n) is 12.0. The highest BCUT2D eigenvalue weighted by molar-refractivity contribution is 5.80. The van der Waals surface area contributed by atoms with Gasteiger partial charge in [0.2, 0.25) is 0 Å². The Kier molecular flexibility index (Phi) is 4.05. The first-order valence-corrected chi connectivity index (χ1v) is 7.32. The van der Waals surface area contributed by atoms with E-state index in [9.17, 15) is 5.11 Å². The van der Waals surface area contributed by atoms with Crippen molar-refractivity contribution in [2.75, 3.05) is 26.4 Å². The second-order valence-corrected chi connectivity index (χ2v) is 5.38. The van der Waals surface area contributed by atoms with E-state index in [1.165, 1.54) is 16.5 Å². The lowest BCUT2D eigenvalue weighted by molar-refractivity contribution is -0.0312. The second-order valence-electron chi connectivity index (χ2n) is 5.38. The summed E-state index contributed by atoms with van der Waals surface area (Å²) in [7, 11) is 0. The van der Waals surface area contributed by atoms with E-state index in [1.807, 2.05) is 0 Å². The van der Waals surface area contributed by atoms with E-state index in [-0.39, 0.29) is 12.6 Å². The normalized spacial score (nSPS) is 20.6. The lowest BCUT2D eigenvalue weighted by Crippen LogP contribution is -2.46. The summed E-state index contributed by atoms with van der Waals surface area (Å²) in [6, 6.07) is 8.92. The third kappa shape index (κ3) is 2.59. The summed E-state index contributed by atoms with van der Waals surface area (Å²) in [6.45, 7) is 6.46. The van der Waals surface area contributed by atoms with Crippen LogP contribution >= 0.6 is 0 Å². The Morgan fingerprint density at radius 1 is 1.35 bits per heavy atom. The van der Waals surface area contributed by atoms with Crippen molar-refractivity contribution in [3.8, 4) is 0 Å². The Hall–Kier alpha value is -1.36. The molecule has 4 nitrogen and oxygen atoms in total. The lowest BCUT2D eigenvalue weighted by Gasteiger charge is -2.34. The molecule has 4 heteroatoms. The number of morpholine rings is 1. The summed E-state index contributed by atoms with van der Waals surface area (Å²) in [5.41, 5.74) is 2.59. The van der Waals surface area contributed by atoms with Crippen molar-refractivity contribution in [3.63, 3.8) is 0 Å². The predicted octanol–water partition coefficient (Wildman–Crippen LogP) is 1.85. The number of aromatic nitrogens is 1. The smallest absolute Gasteiger partial charge is 0.0644 e. The van der Waals surface area contributed by atoms with Gasteiger partial charge < -0.3 is 14.4 Å². The minimum absolute atomic E-state index is 0.123. The van der Waals surface area contributed by atoms with Gasteiger partial charge in [0.1, 0.15) is 0 Å². The van der Waals surface area contributed by atoms with Crippen molar-refractivity contribution in [3.05, 3.63) is 36.0 Å². The van der Waals surface area contributed by atoms with Crippen molar-refractivity contribution in [1.82, 2.24) is 9.47 Å². The SMILES string of the molecule is CCn1ccc2ccc(CN3CCOC[C@H]3CO)cc21. The largest absolute Gasteiger partial charge is 0.395 e. The van der Waals surface area contributed by atoms with Crippen LogP contribution in [0, 0.1) is 0 Å². The van der Waals surface area contributed by atoms with Crippen molar-refractivity contribution >= 4 is 10.9 Å². The first-order chi connectivity index (χ1) is 9.81. The highest BCUT2D eigenvalue weighted by Crippen LogP contribution is 2.20. The predicted molar refractivity (Wildman–Crippen MR) is 79.7 cm³/mol. The fourth-order valence-electron chi connectivity index (χ4n) is 2.90. The molecule has 1 atom stereocenters. The molecule has 2 heterocycles. The third-order valence-electron chi connectivity index (χ3n) is 4.12. The van der Waals surface area contributed by atoms with Crippen LogP contribution in [-0.2, 0) is 17.8 Å². The van der Waals surface area contributed by atoms with Crippen molar-refractivity contribution in [2.45, 2.75) is 26.1 Å². The van der Waals surface area contributed by atoms with E-state index in [1.54, 1.807) is 0 Å². The zero-order valence-corrected chi connectivity index (χ0v) is 12.0. The van der Waals surface area contributed by atoms with E-state index in [4.69, 9.17) is 4.74 Å². The summed E-state index contributed by atoms with van der Waals surface area (Å²) in [6.07, 6.45) is 2.14. The first-order valence-electron chi connectivity index (χ1n) is 7.32. The monoisotopic (exact) mass is 274 g/mol. The van der Waals surface area contributed by atoms with E-state index in [0.717, 1.165) is 26.2 Å². The summed E-state index contributed by atoms with van der Waals surface area (Å²) in [4.78, 5) is 2.31. The van der Waals surface area contributed by atoms with Crippen molar-refractivity contribution in [1.29, 1.82) is 0 Å². The van der Waals surface area contributed by atoms with Crippen LogP contribution in [0.1, 0.15) is 12.5 Å². The van der Waals surface area contributed by atoms with Crippen molar-refractivity contribution < 1.29 is 9.84 Å². The Bertz CT molecular complexity index is 579. The van der Waals surface area contributed by atoms with Crippen LogP contribution in [0.4, 0.5) is 0 Å². The van der Waals surface area contributed by atoms with Crippen LogP contribution in [0.3, 0.4) is 0 Å². The van der Waals surface area contributed by atoms with Crippen LogP contribution in [0.5, 0.6) is 0 Å². The van der Waals surface area contributed by atoms with Crippen LogP contribution in [0.2, 0.25) is 0 Å². The molecule has 3 rings (SSSR count). The van der Waals surface area contributed by atoms with Crippen LogP contribution in [-0.4, -0.2) is 47.0 Å². The number of benzene rings is 1. The standard InChI is InChI=1S/C16H22N2O2/c1-2-17-6-5-14-4-3-13(9-16(14)17)10-18-7-8-20-12-15(18)11-19/h3-6,9,15,19H,2,7-8,10-12H2,1H3/t15-/m1/s1. The average molecular weight is 274 g/mol. The van der Waals surface area contributed by atoms with Gasteiger partial charge >= 0.3 is 0 Å². The molecule has 1 fully saturated rings. The molecule has 1 aliphatic heterocycles. The van der Waals surface area contributed by atoms with Crippen molar-refractivity contribution in [2.24, 2.45) is 0 Å². The van der Waals surface area contributed by atoms with E-state index < -0.39 is 0 Å². The maximum absolute atomic E-state index is 9.43. The first kappa shape index (κ1) is 13.6. The summed E-state index contributed by atoms with van der Waals surface area (Å²) in [5.74, 6) is 0. The third-order valence-corrected chi connectivity index (χ3v) is 4.12. The molecule has 1 aromatic carbocycles. The molecule has 0 bridgehead atoms. The van der Waals surface area contributed by atoms with Gasteiger partial charge in [0.05, 0.1) is 25.9 Å². The minimum atomic E-state index is 0.123. The molecular weight excluding hydrogens is 252 g/mol. The van der Waals surface area contributed by atoms with Gasteiger partial charge in [0.15, 0.2) is 0 Å². The molecule has 1 saturated heterocycles. The van der Waals surface area contributed by atoms with Gasteiger partial charge in [0, 0.05) is 31.3 Å². The van der Waals surface area contributed by atoms with Gasteiger partial charge in [-0.3, -0.25) is 4.90 Å². The van der Waals surface area contributed by atoms with Crippen LogP contribution in [0.15, 0.2) is 30.5 Å². The Morgan fingerprint density at radius 3 is 3.05 bits per heavy atom. The number of fused-ring (bicyclic) bond motifs is 1. The number of hydrogen-bond donors (Lipinski definition) is 1. The van der Waals surface area contributed by atoms with Gasteiger partial charge in [0.25, 0.3) is 0 Å². The Morgan fingerprint density at radius 2 is 2.25 bits per heavy atom. The van der Waals surface area contributed by atoms with E-state index in [0.29, 0.717) is 6.61 Å². The number of hydrogen-bond acceptors (Lipinski definition) is 3. The van der Waals surface area contributed by atoms with Crippen LogP contribution in [0.25, 0.3) is 10.9 Å². The Labute approximate surface area is 119 Å². The maximum Gasteiger partial charge on any atom is 0.0644 e. The fourth-order valence-corrected chi connectivity index (χ4v) is 2.90. The van der Waals surface area contributed by atoms with Gasteiger partial charge in [-0.1, -0.05) is 12.1 Å². The molecule has 1 N–H and O–H groups in total. The number of aliphatic hydroxyl groups is 1. The fraction of sp³-hybridized carbons (Fsp3) is 0.500. The maximum atomic E-state index is 9.43. The summed E-state index contributed by atoms with van der Waals surface area (Å²) < 4.78 is 7.70. The van der Waals surface area contributed by atoms with Gasteiger partial charge in [-0.25, -0.2) is 0 Å². The summed E-state index contributed by atoms with van der Waals surface area (Å²) >= 11 is 0. The number of ether oxygens (including phenoxy) is 1. The molecule has 0 amide bonds. The van der Waals surface area contributed by atoms with E-state index >= 15 is 0 Å². The zero-order chi connectivity index (χ0) is 13.9. The molecule has 0 saturated carbocycles. The van der Waals surface area contributed by atoms with E-state index in [2.05, 4.69) is 46.9 Å². The summed E-state index contributed by atoms with van der Waals surface area (Å²) in [5, 5.41) is 10.7. The highest BCUT2D eigenvalue weighted by atomic mass is 16.5. The van der Waals surface area contributed by atoms with Crippen LogP contribution < -0.4 is 0 Å². The topological polar surface area (TPSA) is 37.6 Å². The molecule has 0 spiro atoms. The highest BCUT2D eigenvalue weighted by Gasteiger charge is 2.22. The van der Waals surface area contributed by atoms with Gasteiger partial charge in [-0.05, 0) is 30.0 Å². The number of aryl methyl sites for hydroxylation is 1. The minimum Gasteiger partial charge on any atom is -0.395 e. The number of aliphatic hydroxyl groups excluding tert-OH is 1. The quantitative estimate of drug-likeness (QED) is 0.924. The Balaban J connectivity index is 1.82. The lowest BCUT2D eigenvalue weighted by atomic mass is 10.1. The molecule has 0 radical (unpaired) electrons. The second kappa shape index (κ2) is 5.95. The molecule has 108 valence electrons. The van der Waals surface area contributed by atoms with Gasteiger partial charge in [-0.15, -0.1) is 0 Å². The molecule has 20 heavy (non-hydrogen) atoms. The molecule has 2 aromatic rings.